The highest BCUT2D eigenvalue weighted by Crippen LogP contribution is 2.26. The van der Waals surface area contributed by atoms with E-state index in [1.54, 1.807) is 49.6 Å². The lowest BCUT2D eigenvalue weighted by Gasteiger charge is -2.08. The number of amides is 1. The van der Waals surface area contributed by atoms with E-state index in [4.69, 9.17) is 16.3 Å². The molecule has 6 nitrogen and oxygen atoms in total. The van der Waals surface area contributed by atoms with Crippen LogP contribution in [0.5, 0.6) is 0 Å². The second-order valence-corrected chi connectivity index (χ2v) is 7.30. The average Bonchev–Trinajstić information content (AvgIpc) is 2.71. The quantitative estimate of drug-likeness (QED) is 0.598. The molecule has 8 heteroatoms. The van der Waals surface area contributed by atoms with Gasteiger partial charge in [0.1, 0.15) is 5.03 Å². The number of halogens is 1. The molecule has 0 aliphatic carbocycles. The molecular weight excluding hydrogens is 398 g/mol. The Morgan fingerprint density at radius 2 is 1.82 bits per heavy atom. The average molecular weight is 416 g/mol. The maximum atomic E-state index is 12.2. The number of nitrogens with zero attached hydrogens (tertiary/aromatic N) is 2. The fourth-order valence-electron chi connectivity index (χ4n) is 2.38. The number of aromatic nitrogens is 2. The van der Waals surface area contributed by atoms with E-state index < -0.39 is 0 Å². The monoisotopic (exact) mass is 415 g/mol. The Balaban J connectivity index is 1.78. The second-order valence-electron chi connectivity index (χ2n) is 5.77. The fourth-order valence-corrected chi connectivity index (χ4v) is 3.28. The summed E-state index contributed by atoms with van der Waals surface area (Å²) in [7, 11) is 1.57. The maximum Gasteiger partial charge on any atom is 0.271 e. The van der Waals surface area contributed by atoms with E-state index in [0.717, 1.165) is 4.90 Å². The van der Waals surface area contributed by atoms with E-state index in [1.807, 2.05) is 12.1 Å². The van der Waals surface area contributed by atoms with Crippen LogP contribution in [0, 0.1) is 0 Å². The Bertz CT molecular complexity index is 1000. The van der Waals surface area contributed by atoms with Crippen LogP contribution in [0.25, 0.3) is 5.69 Å². The lowest BCUT2D eigenvalue weighted by molar-refractivity contribution is 0.0937. The predicted octanol–water partition coefficient (Wildman–Crippen LogP) is 3.41. The largest absolute Gasteiger partial charge is 0.383 e. The zero-order chi connectivity index (χ0) is 19.9. The van der Waals surface area contributed by atoms with Crippen LogP contribution in [0.2, 0.25) is 5.02 Å². The standard InChI is InChI=1S/C20H18ClN3O3S/c1-27-13-12-22-20(26)14-2-6-16(7-3-14)24-19(25)11-10-18(23-24)28-17-8-4-15(21)5-9-17/h2-11H,12-13H2,1H3,(H,22,26). The van der Waals surface area contributed by atoms with E-state index in [-0.39, 0.29) is 11.5 Å². The summed E-state index contributed by atoms with van der Waals surface area (Å²) >= 11 is 7.33. The number of ether oxygens (including phenoxy) is 1. The summed E-state index contributed by atoms with van der Waals surface area (Å²) < 4.78 is 6.22. The molecule has 3 aromatic rings. The third kappa shape index (κ3) is 5.22. The topological polar surface area (TPSA) is 73.2 Å². The van der Waals surface area contributed by atoms with Gasteiger partial charge in [-0.25, -0.2) is 0 Å². The van der Waals surface area contributed by atoms with Crippen LogP contribution >= 0.6 is 23.4 Å². The van der Waals surface area contributed by atoms with Crippen LogP contribution in [0.3, 0.4) is 0 Å². The number of methoxy groups -OCH3 is 1. The molecule has 0 aliphatic heterocycles. The number of hydrogen-bond acceptors (Lipinski definition) is 5. The molecule has 0 atom stereocenters. The molecule has 144 valence electrons. The van der Waals surface area contributed by atoms with Crippen molar-refractivity contribution in [1.29, 1.82) is 0 Å². The van der Waals surface area contributed by atoms with Gasteiger partial charge >= 0.3 is 0 Å². The summed E-state index contributed by atoms with van der Waals surface area (Å²) in [6, 6.07) is 17.2. The van der Waals surface area contributed by atoms with E-state index in [0.29, 0.717) is 34.5 Å². The molecule has 1 amide bonds. The summed E-state index contributed by atoms with van der Waals surface area (Å²) in [6.07, 6.45) is 0. The summed E-state index contributed by atoms with van der Waals surface area (Å²) in [5, 5.41) is 8.49. The molecule has 0 saturated carbocycles. The van der Waals surface area contributed by atoms with Crippen molar-refractivity contribution in [2.24, 2.45) is 0 Å². The molecule has 1 N–H and O–H groups in total. The van der Waals surface area contributed by atoms with Gasteiger partial charge in [-0.2, -0.15) is 9.78 Å². The van der Waals surface area contributed by atoms with Crippen LogP contribution < -0.4 is 10.9 Å². The van der Waals surface area contributed by atoms with Crippen molar-refractivity contribution in [3.8, 4) is 5.69 Å². The summed E-state index contributed by atoms with van der Waals surface area (Å²) in [4.78, 5) is 25.3. The zero-order valence-electron chi connectivity index (χ0n) is 15.1. The lowest BCUT2D eigenvalue weighted by Crippen LogP contribution is -2.27. The first-order valence-electron chi connectivity index (χ1n) is 8.48. The molecule has 0 aliphatic rings. The van der Waals surface area contributed by atoms with Gasteiger partial charge < -0.3 is 10.1 Å². The highest BCUT2D eigenvalue weighted by atomic mass is 35.5. The third-order valence-electron chi connectivity index (χ3n) is 3.78. The summed E-state index contributed by atoms with van der Waals surface area (Å²) in [5.74, 6) is -0.198. The van der Waals surface area contributed by atoms with Crippen LogP contribution in [0.1, 0.15) is 10.4 Å². The molecule has 3 rings (SSSR count). The molecular formula is C20H18ClN3O3S. The van der Waals surface area contributed by atoms with Gasteiger partial charge in [-0.15, -0.1) is 0 Å². The van der Waals surface area contributed by atoms with Gasteiger partial charge in [-0.3, -0.25) is 9.59 Å². The molecule has 0 radical (unpaired) electrons. The van der Waals surface area contributed by atoms with E-state index in [1.165, 1.54) is 22.5 Å². The first kappa shape index (κ1) is 20.1. The molecule has 0 bridgehead atoms. The third-order valence-corrected chi connectivity index (χ3v) is 4.96. The zero-order valence-corrected chi connectivity index (χ0v) is 16.7. The smallest absolute Gasteiger partial charge is 0.271 e. The minimum atomic E-state index is -0.252. The van der Waals surface area contributed by atoms with E-state index in [9.17, 15) is 9.59 Å². The first-order valence-corrected chi connectivity index (χ1v) is 9.67. The van der Waals surface area contributed by atoms with Gasteiger partial charge in [0, 0.05) is 35.2 Å². The van der Waals surface area contributed by atoms with Crippen LogP contribution in [-0.2, 0) is 4.74 Å². The van der Waals surface area contributed by atoms with Gasteiger partial charge in [0.2, 0.25) is 0 Å². The molecule has 0 saturated heterocycles. The lowest BCUT2D eigenvalue weighted by atomic mass is 10.2. The number of rotatable bonds is 7. The number of hydrogen-bond donors (Lipinski definition) is 1. The van der Waals surface area contributed by atoms with Crippen LogP contribution in [0.15, 0.2) is 75.4 Å². The highest BCUT2D eigenvalue weighted by Gasteiger charge is 2.08. The number of carbonyl (C=O) groups excluding carboxylic acids is 1. The predicted molar refractivity (Wildman–Crippen MR) is 110 cm³/mol. The minimum Gasteiger partial charge on any atom is -0.383 e. The van der Waals surface area contributed by atoms with Crippen molar-refractivity contribution in [2.45, 2.75) is 9.92 Å². The molecule has 0 unspecified atom stereocenters. The van der Waals surface area contributed by atoms with E-state index in [2.05, 4.69) is 10.4 Å². The normalized spacial score (nSPS) is 10.6. The fraction of sp³-hybridized carbons (Fsp3) is 0.150. The second kappa shape index (κ2) is 9.54. The van der Waals surface area contributed by atoms with Gasteiger partial charge in [0.25, 0.3) is 11.5 Å². The van der Waals surface area contributed by atoms with Gasteiger partial charge in [-0.05, 0) is 54.6 Å². The summed E-state index contributed by atoms with van der Waals surface area (Å²) in [5.41, 5.74) is 0.828. The van der Waals surface area contributed by atoms with Gasteiger partial charge in [-0.1, -0.05) is 23.4 Å². The highest BCUT2D eigenvalue weighted by molar-refractivity contribution is 7.99. The molecule has 28 heavy (non-hydrogen) atoms. The molecule has 0 spiro atoms. The Hall–Kier alpha value is -2.61. The van der Waals surface area contributed by atoms with Crippen molar-refractivity contribution in [3.05, 3.63) is 81.6 Å². The molecule has 0 fully saturated rings. The summed E-state index contributed by atoms with van der Waals surface area (Å²) in [6.45, 7) is 0.878. The minimum absolute atomic E-state index is 0.198. The van der Waals surface area contributed by atoms with Gasteiger partial charge in [0.05, 0.1) is 12.3 Å². The van der Waals surface area contributed by atoms with Crippen molar-refractivity contribution in [1.82, 2.24) is 15.1 Å². The maximum absolute atomic E-state index is 12.2. The Kier molecular flexibility index (Phi) is 6.86. The van der Waals surface area contributed by atoms with Crippen molar-refractivity contribution < 1.29 is 9.53 Å². The Morgan fingerprint density at radius 1 is 1.11 bits per heavy atom. The first-order chi connectivity index (χ1) is 13.6. The Morgan fingerprint density at radius 3 is 2.50 bits per heavy atom. The van der Waals surface area contributed by atoms with Crippen LogP contribution in [0.4, 0.5) is 0 Å². The number of benzene rings is 2. The van der Waals surface area contributed by atoms with Crippen molar-refractivity contribution >= 4 is 29.3 Å². The molecule has 1 heterocycles. The number of nitrogens with one attached hydrogen (secondary N) is 1. The van der Waals surface area contributed by atoms with Crippen molar-refractivity contribution in [2.75, 3.05) is 20.3 Å². The SMILES string of the molecule is COCCNC(=O)c1ccc(-n2nc(Sc3ccc(Cl)cc3)ccc2=O)cc1. The molecule has 1 aromatic heterocycles. The van der Waals surface area contributed by atoms with Gasteiger partial charge in [0.15, 0.2) is 0 Å². The number of carbonyl (C=O) groups is 1. The van der Waals surface area contributed by atoms with Crippen molar-refractivity contribution in [3.63, 3.8) is 0 Å². The Labute approximate surface area is 171 Å². The van der Waals surface area contributed by atoms with Crippen LogP contribution in [-0.4, -0.2) is 35.9 Å². The molecule has 2 aromatic carbocycles. The van der Waals surface area contributed by atoms with E-state index >= 15 is 0 Å².